The molecule has 0 unspecified atom stereocenters. The Bertz CT molecular complexity index is 763. The maximum absolute atomic E-state index is 13.5. The highest BCUT2D eigenvalue weighted by molar-refractivity contribution is 7.92. The first-order valence-corrected chi connectivity index (χ1v) is 6.81. The lowest BCUT2D eigenvalue weighted by Crippen LogP contribution is -2.16. The lowest BCUT2D eigenvalue weighted by molar-refractivity contribution is 0.486. The van der Waals surface area contributed by atoms with Crippen LogP contribution in [0.4, 0.5) is 24.5 Å². The van der Waals surface area contributed by atoms with Crippen molar-refractivity contribution in [2.45, 2.75) is 4.90 Å². The fraction of sp³-hybridized carbons (Fsp3) is 0. The number of nitrogens with two attached hydrogens (primary N) is 1. The average Bonchev–Trinajstić information content (AvgIpc) is 2.36. The smallest absolute Gasteiger partial charge is 0.265 e. The van der Waals surface area contributed by atoms with Crippen LogP contribution in [0.2, 0.25) is 0 Å². The first-order valence-electron chi connectivity index (χ1n) is 5.33. The second-order valence-corrected chi connectivity index (χ2v) is 5.55. The van der Waals surface area contributed by atoms with Crippen LogP contribution in [0.25, 0.3) is 0 Å². The monoisotopic (exact) mass is 302 g/mol. The van der Waals surface area contributed by atoms with E-state index >= 15 is 0 Å². The van der Waals surface area contributed by atoms with Gasteiger partial charge in [0, 0.05) is 5.69 Å². The predicted octanol–water partition coefficient (Wildman–Crippen LogP) is 2.49. The van der Waals surface area contributed by atoms with Crippen molar-refractivity contribution in [1.29, 1.82) is 0 Å². The van der Waals surface area contributed by atoms with E-state index in [0.29, 0.717) is 6.07 Å². The molecule has 0 saturated carbocycles. The Morgan fingerprint density at radius 1 is 1.00 bits per heavy atom. The minimum absolute atomic E-state index is 0.266. The zero-order valence-electron chi connectivity index (χ0n) is 9.90. The summed E-state index contributed by atoms with van der Waals surface area (Å²) in [6, 6.07) is 6.31. The quantitative estimate of drug-likeness (QED) is 0.856. The fourth-order valence-corrected chi connectivity index (χ4v) is 2.71. The molecule has 0 bridgehead atoms. The van der Waals surface area contributed by atoms with Gasteiger partial charge >= 0.3 is 0 Å². The Labute approximate surface area is 113 Å². The number of nitrogens with one attached hydrogen (secondary N) is 1. The van der Waals surface area contributed by atoms with Gasteiger partial charge in [0.25, 0.3) is 10.0 Å². The number of benzene rings is 2. The van der Waals surface area contributed by atoms with Gasteiger partial charge in [-0.2, -0.15) is 0 Å². The van der Waals surface area contributed by atoms with Crippen molar-refractivity contribution in [3.63, 3.8) is 0 Å². The molecule has 0 spiro atoms. The number of para-hydroxylation sites is 1. The van der Waals surface area contributed by atoms with E-state index in [1.807, 2.05) is 4.72 Å². The number of hydrogen-bond donors (Lipinski definition) is 2. The summed E-state index contributed by atoms with van der Waals surface area (Å²) in [6.07, 6.45) is 0. The highest BCUT2D eigenvalue weighted by Crippen LogP contribution is 2.24. The van der Waals surface area contributed by atoms with E-state index in [2.05, 4.69) is 0 Å². The molecule has 0 aromatic heterocycles. The predicted molar refractivity (Wildman–Crippen MR) is 68.0 cm³/mol. The van der Waals surface area contributed by atoms with Crippen LogP contribution in [-0.4, -0.2) is 8.42 Å². The maximum atomic E-state index is 13.5. The molecule has 3 N–H and O–H groups in total. The molecule has 106 valence electrons. The van der Waals surface area contributed by atoms with E-state index in [-0.39, 0.29) is 11.4 Å². The van der Waals surface area contributed by atoms with E-state index in [0.717, 1.165) is 18.2 Å². The maximum Gasteiger partial charge on any atom is 0.265 e. The molecule has 0 fully saturated rings. The van der Waals surface area contributed by atoms with Gasteiger partial charge in [-0.25, -0.2) is 21.6 Å². The van der Waals surface area contributed by atoms with Crippen LogP contribution in [-0.2, 0) is 10.0 Å². The molecule has 0 amide bonds. The first kappa shape index (κ1) is 14.2. The molecule has 0 heterocycles. The standard InChI is InChI=1S/C12H9F3N2O2S/c13-8-3-1-2-4-10(8)17-20(18,19)11-6-7(16)5-9(14)12(11)15/h1-6,17H,16H2. The topological polar surface area (TPSA) is 72.2 Å². The fourth-order valence-electron chi connectivity index (χ4n) is 1.52. The van der Waals surface area contributed by atoms with Crippen molar-refractivity contribution in [2.75, 3.05) is 10.5 Å². The average molecular weight is 302 g/mol. The normalized spacial score (nSPS) is 11.3. The van der Waals surface area contributed by atoms with Gasteiger partial charge in [0.15, 0.2) is 11.6 Å². The van der Waals surface area contributed by atoms with Gasteiger partial charge in [0.05, 0.1) is 5.69 Å². The minimum atomic E-state index is -4.50. The minimum Gasteiger partial charge on any atom is -0.399 e. The summed E-state index contributed by atoms with van der Waals surface area (Å²) in [5.74, 6) is -3.83. The summed E-state index contributed by atoms with van der Waals surface area (Å²) >= 11 is 0. The lowest BCUT2D eigenvalue weighted by Gasteiger charge is -2.10. The molecule has 0 aliphatic rings. The number of rotatable bonds is 3. The summed E-state index contributed by atoms with van der Waals surface area (Å²) in [6.45, 7) is 0. The third kappa shape index (κ3) is 2.69. The third-order valence-corrected chi connectivity index (χ3v) is 3.79. The Morgan fingerprint density at radius 3 is 2.30 bits per heavy atom. The van der Waals surface area contributed by atoms with Gasteiger partial charge in [-0.3, -0.25) is 4.72 Å². The number of halogens is 3. The van der Waals surface area contributed by atoms with Crippen molar-refractivity contribution in [3.05, 3.63) is 53.8 Å². The third-order valence-electron chi connectivity index (χ3n) is 2.42. The van der Waals surface area contributed by atoms with Crippen LogP contribution in [0.5, 0.6) is 0 Å². The molecular weight excluding hydrogens is 293 g/mol. The summed E-state index contributed by atoms with van der Waals surface area (Å²) < 4.78 is 65.8. The van der Waals surface area contributed by atoms with Gasteiger partial charge < -0.3 is 5.73 Å². The first-order chi connectivity index (χ1) is 9.31. The van der Waals surface area contributed by atoms with Crippen LogP contribution < -0.4 is 10.5 Å². The van der Waals surface area contributed by atoms with Gasteiger partial charge in [-0.15, -0.1) is 0 Å². The molecule has 2 rings (SSSR count). The second-order valence-electron chi connectivity index (χ2n) is 3.90. The highest BCUT2D eigenvalue weighted by atomic mass is 32.2. The van der Waals surface area contributed by atoms with E-state index in [1.54, 1.807) is 0 Å². The van der Waals surface area contributed by atoms with Crippen LogP contribution in [0.3, 0.4) is 0 Å². The van der Waals surface area contributed by atoms with Crippen LogP contribution in [0, 0.1) is 17.5 Å². The summed E-state index contributed by atoms with van der Waals surface area (Å²) in [4.78, 5) is -0.988. The Balaban J connectivity index is 2.49. The van der Waals surface area contributed by atoms with Gasteiger partial charge in [-0.05, 0) is 24.3 Å². The zero-order chi connectivity index (χ0) is 14.9. The Hall–Kier alpha value is -2.22. The van der Waals surface area contributed by atoms with E-state index < -0.39 is 32.4 Å². The number of anilines is 2. The van der Waals surface area contributed by atoms with Crippen LogP contribution in [0.1, 0.15) is 0 Å². The molecule has 2 aromatic carbocycles. The molecule has 0 saturated heterocycles. The van der Waals surface area contributed by atoms with E-state index in [4.69, 9.17) is 5.73 Å². The summed E-state index contributed by atoms with van der Waals surface area (Å²) in [7, 11) is -4.50. The summed E-state index contributed by atoms with van der Waals surface area (Å²) in [5, 5.41) is 0. The molecule has 0 aliphatic carbocycles. The van der Waals surface area contributed by atoms with Crippen molar-refractivity contribution < 1.29 is 21.6 Å². The molecule has 8 heteroatoms. The number of nitrogen functional groups attached to an aromatic ring is 1. The van der Waals surface area contributed by atoms with Gasteiger partial charge in [-0.1, -0.05) is 12.1 Å². The number of sulfonamides is 1. The van der Waals surface area contributed by atoms with Crippen molar-refractivity contribution in [2.24, 2.45) is 0 Å². The molecule has 4 nitrogen and oxygen atoms in total. The van der Waals surface area contributed by atoms with Gasteiger partial charge in [0.1, 0.15) is 10.7 Å². The Kier molecular flexibility index (Phi) is 3.58. The Morgan fingerprint density at radius 2 is 1.65 bits per heavy atom. The van der Waals surface area contributed by atoms with Crippen molar-refractivity contribution in [1.82, 2.24) is 0 Å². The molecule has 0 atom stereocenters. The SMILES string of the molecule is Nc1cc(F)c(F)c(S(=O)(=O)Nc2ccccc2F)c1. The molecular formula is C12H9F3N2O2S. The second kappa shape index (κ2) is 5.04. The number of hydrogen-bond acceptors (Lipinski definition) is 3. The zero-order valence-corrected chi connectivity index (χ0v) is 10.7. The van der Waals surface area contributed by atoms with E-state index in [1.165, 1.54) is 12.1 Å². The van der Waals surface area contributed by atoms with Crippen molar-refractivity contribution >= 4 is 21.4 Å². The molecule has 0 radical (unpaired) electrons. The van der Waals surface area contributed by atoms with Crippen molar-refractivity contribution in [3.8, 4) is 0 Å². The van der Waals surface area contributed by atoms with Gasteiger partial charge in [0.2, 0.25) is 0 Å². The highest BCUT2D eigenvalue weighted by Gasteiger charge is 2.23. The summed E-state index contributed by atoms with van der Waals surface area (Å²) in [5.41, 5.74) is 4.63. The van der Waals surface area contributed by atoms with Crippen LogP contribution in [0.15, 0.2) is 41.3 Å². The largest absolute Gasteiger partial charge is 0.399 e. The molecule has 20 heavy (non-hydrogen) atoms. The molecule has 2 aromatic rings. The molecule has 0 aliphatic heterocycles. The van der Waals surface area contributed by atoms with E-state index in [9.17, 15) is 21.6 Å². The van der Waals surface area contributed by atoms with Crippen LogP contribution >= 0.6 is 0 Å². The lowest BCUT2D eigenvalue weighted by atomic mass is 10.3.